The van der Waals surface area contributed by atoms with Crippen LogP contribution in [0.5, 0.6) is 0 Å². The Morgan fingerprint density at radius 3 is 2.63 bits per heavy atom. The number of hydrogen-bond donors (Lipinski definition) is 1. The second-order valence-corrected chi connectivity index (χ2v) is 4.68. The van der Waals surface area contributed by atoms with E-state index in [1.54, 1.807) is 0 Å². The van der Waals surface area contributed by atoms with Gasteiger partial charge in [0.25, 0.3) is 0 Å². The number of hydrogen-bond acceptors (Lipinski definition) is 6. The van der Waals surface area contributed by atoms with Crippen LogP contribution in [0.15, 0.2) is 6.33 Å². The first kappa shape index (κ1) is 15.1. The molecule has 0 aliphatic heterocycles. The molecule has 0 amide bonds. The zero-order valence-corrected chi connectivity index (χ0v) is 11.7. The topological polar surface area (TPSA) is 98.2 Å². The van der Waals surface area contributed by atoms with Crippen molar-refractivity contribution >= 4 is 17.3 Å². The molecule has 1 aromatic rings. The molecule has 0 saturated heterocycles. The Balaban J connectivity index is 3.08. The third-order valence-corrected chi connectivity index (χ3v) is 2.91. The normalized spacial score (nSPS) is 10.7. The minimum absolute atomic E-state index is 0.0869. The Hall–Kier alpha value is -1.92. The Bertz CT molecular complexity index is 436. The molecule has 0 aliphatic carbocycles. The van der Waals surface area contributed by atoms with Crippen LogP contribution in [0.2, 0.25) is 0 Å². The fraction of sp³-hybridized carbons (Fsp3) is 0.667. The van der Waals surface area contributed by atoms with Crippen LogP contribution in [0.1, 0.15) is 40.0 Å². The third-order valence-electron chi connectivity index (χ3n) is 2.91. The molecule has 1 aromatic heterocycles. The van der Waals surface area contributed by atoms with Crippen LogP contribution < -0.4 is 10.6 Å². The van der Waals surface area contributed by atoms with Crippen LogP contribution >= 0.6 is 0 Å². The van der Waals surface area contributed by atoms with E-state index < -0.39 is 4.92 Å². The van der Waals surface area contributed by atoms with Crippen LogP contribution in [0.3, 0.4) is 0 Å². The lowest BCUT2D eigenvalue weighted by Crippen LogP contribution is -2.33. The third kappa shape index (κ3) is 3.77. The summed E-state index contributed by atoms with van der Waals surface area (Å²) in [4.78, 5) is 20.3. The average molecular weight is 267 g/mol. The lowest BCUT2D eigenvalue weighted by molar-refractivity contribution is -0.383. The maximum Gasteiger partial charge on any atom is 0.353 e. The minimum Gasteiger partial charge on any atom is -0.378 e. The standard InChI is InChI=1S/C12H21N5O2/c1-4-5-6-7-16(9(2)3)12-10(17(18)19)11(13)14-8-15-12/h8-9H,4-7H2,1-3H3,(H2,13,14,15). The molecule has 0 spiro atoms. The highest BCUT2D eigenvalue weighted by molar-refractivity contribution is 5.68. The van der Waals surface area contributed by atoms with Gasteiger partial charge in [-0.05, 0) is 20.3 Å². The van der Waals surface area contributed by atoms with Gasteiger partial charge in [-0.2, -0.15) is 0 Å². The molecule has 0 radical (unpaired) electrons. The van der Waals surface area contributed by atoms with Gasteiger partial charge in [-0.1, -0.05) is 19.8 Å². The molecule has 0 aromatic carbocycles. The summed E-state index contributed by atoms with van der Waals surface area (Å²) < 4.78 is 0. The van der Waals surface area contributed by atoms with Crippen LogP contribution in [-0.4, -0.2) is 27.5 Å². The molecular formula is C12H21N5O2. The molecule has 0 bridgehead atoms. The molecule has 106 valence electrons. The number of nitrogens with zero attached hydrogens (tertiary/aromatic N) is 4. The zero-order chi connectivity index (χ0) is 14.4. The van der Waals surface area contributed by atoms with Crippen molar-refractivity contribution < 1.29 is 4.92 Å². The lowest BCUT2D eigenvalue weighted by Gasteiger charge is -2.27. The van der Waals surface area contributed by atoms with Crippen molar-refractivity contribution in [3.8, 4) is 0 Å². The Morgan fingerprint density at radius 1 is 1.42 bits per heavy atom. The molecule has 0 fully saturated rings. The maximum atomic E-state index is 11.1. The van der Waals surface area contributed by atoms with E-state index in [2.05, 4.69) is 16.9 Å². The van der Waals surface area contributed by atoms with Crippen molar-refractivity contribution in [3.05, 3.63) is 16.4 Å². The average Bonchev–Trinajstić information content (AvgIpc) is 2.33. The van der Waals surface area contributed by atoms with Crippen molar-refractivity contribution in [1.82, 2.24) is 9.97 Å². The predicted octanol–water partition coefficient (Wildman–Crippen LogP) is 2.37. The summed E-state index contributed by atoms with van der Waals surface area (Å²) in [6, 6.07) is 0.116. The summed E-state index contributed by atoms with van der Waals surface area (Å²) in [5, 5.41) is 11.1. The lowest BCUT2D eigenvalue weighted by atomic mass is 10.2. The SMILES string of the molecule is CCCCCN(c1ncnc(N)c1[N+](=O)[O-])C(C)C. The van der Waals surface area contributed by atoms with Crippen LogP contribution in [0, 0.1) is 10.1 Å². The molecular weight excluding hydrogens is 246 g/mol. The summed E-state index contributed by atoms with van der Waals surface area (Å²) in [6.45, 7) is 6.80. The second kappa shape index (κ2) is 6.86. The van der Waals surface area contributed by atoms with Gasteiger partial charge < -0.3 is 10.6 Å². The molecule has 7 nitrogen and oxygen atoms in total. The molecule has 1 rings (SSSR count). The van der Waals surface area contributed by atoms with Gasteiger partial charge >= 0.3 is 5.69 Å². The van der Waals surface area contributed by atoms with E-state index in [1.165, 1.54) is 6.33 Å². The van der Waals surface area contributed by atoms with E-state index in [-0.39, 0.29) is 17.5 Å². The number of nitrogen functional groups attached to an aromatic ring is 1. The number of aromatic nitrogens is 2. The Kier molecular flexibility index (Phi) is 5.47. The predicted molar refractivity (Wildman–Crippen MR) is 75.1 cm³/mol. The Morgan fingerprint density at radius 2 is 2.11 bits per heavy atom. The number of nitrogens with two attached hydrogens (primary N) is 1. The van der Waals surface area contributed by atoms with E-state index in [0.717, 1.165) is 25.8 Å². The molecule has 7 heteroatoms. The first-order valence-electron chi connectivity index (χ1n) is 6.50. The van der Waals surface area contributed by atoms with Gasteiger partial charge in [0.2, 0.25) is 11.6 Å². The van der Waals surface area contributed by atoms with Gasteiger partial charge in [0.1, 0.15) is 6.33 Å². The largest absolute Gasteiger partial charge is 0.378 e. The summed E-state index contributed by atoms with van der Waals surface area (Å²) >= 11 is 0. The van der Waals surface area contributed by atoms with Gasteiger partial charge in [0.05, 0.1) is 4.92 Å². The summed E-state index contributed by atoms with van der Waals surface area (Å²) in [5.74, 6) is 0.222. The monoisotopic (exact) mass is 267 g/mol. The molecule has 2 N–H and O–H groups in total. The summed E-state index contributed by atoms with van der Waals surface area (Å²) in [5.41, 5.74) is 5.39. The molecule has 0 unspecified atom stereocenters. The van der Waals surface area contributed by atoms with Crippen LogP contribution in [0.25, 0.3) is 0 Å². The highest BCUT2D eigenvalue weighted by atomic mass is 16.6. The van der Waals surface area contributed by atoms with Gasteiger partial charge in [0.15, 0.2) is 0 Å². The number of unbranched alkanes of at least 4 members (excludes halogenated alkanes) is 2. The van der Waals surface area contributed by atoms with Crippen molar-refractivity contribution in [2.24, 2.45) is 0 Å². The number of anilines is 2. The Labute approximate surface area is 113 Å². The second-order valence-electron chi connectivity index (χ2n) is 4.68. The quantitative estimate of drug-likeness (QED) is 0.462. The van der Waals surface area contributed by atoms with E-state index in [1.807, 2.05) is 18.7 Å². The number of rotatable bonds is 7. The summed E-state index contributed by atoms with van der Waals surface area (Å²) in [6.07, 6.45) is 4.42. The first-order valence-corrected chi connectivity index (χ1v) is 6.50. The molecule has 0 atom stereocenters. The van der Waals surface area contributed by atoms with Gasteiger partial charge in [-0.15, -0.1) is 0 Å². The molecule has 0 saturated carbocycles. The minimum atomic E-state index is -0.514. The van der Waals surface area contributed by atoms with Gasteiger partial charge in [-0.3, -0.25) is 10.1 Å². The van der Waals surface area contributed by atoms with E-state index >= 15 is 0 Å². The van der Waals surface area contributed by atoms with Crippen molar-refractivity contribution in [2.75, 3.05) is 17.2 Å². The van der Waals surface area contributed by atoms with Gasteiger partial charge in [0, 0.05) is 12.6 Å². The molecule has 0 aliphatic rings. The van der Waals surface area contributed by atoms with Crippen LogP contribution in [-0.2, 0) is 0 Å². The van der Waals surface area contributed by atoms with Crippen molar-refractivity contribution in [3.63, 3.8) is 0 Å². The zero-order valence-electron chi connectivity index (χ0n) is 11.7. The fourth-order valence-electron chi connectivity index (χ4n) is 1.91. The van der Waals surface area contributed by atoms with Gasteiger partial charge in [-0.25, -0.2) is 9.97 Å². The smallest absolute Gasteiger partial charge is 0.353 e. The van der Waals surface area contributed by atoms with E-state index in [0.29, 0.717) is 5.82 Å². The maximum absolute atomic E-state index is 11.1. The number of nitro groups is 1. The fourth-order valence-corrected chi connectivity index (χ4v) is 1.91. The van der Waals surface area contributed by atoms with Crippen molar-refractivity contribution in [2.45, 2.75) is 46.1 Å². The molecule has 19 heavy (non-hydrogen) atoms. The molecule has 1 heterocycles. The first-order chi connectivity index (χ1) is 8.99. The van der Waals surface area contributed by atoms with E-state index in [4.69, 9.17) is 5.73 Å². The van der Waals surface area contributed by atoms with E-state index in [9.17, 15) is 10.1 Å². The highest BCUT2D eigenvalue weighted by Gasteiger charge is 2.26. The summed E-state index contributed by atoms with van der Waals surface area (Å²) in [7, 11) is 0. The van der Waals surface area contributed by atoms with Crippen LogP contribution in [0.4, 0.5) is 17.3 Å². The van der Waals surface area contributed by atoms with Crippen molar-refractivity contribution in [1.29, 1.82) is 0 Å². The highest BCUT2D eigenvalue weighted by Crippen LogP contribution is 2.31.